The second-order valence-electron chi connectivity index (χ2n) is 5.21. The Hall–Kier alpha value is -2.06. The van der Waals surface area contributed by atoms with Crippen LogP contribution in [0.2, 0.25) is 0 Å². The highest BCUT2D eigenvalue weighted by Crippen LogP contribution is 2.40. The first kappa shape index (κ1) is 12.9. The fourth-order valence-corrected chi connectivity index (χ4v) is 2.83. The van der Waals surface area contributed by atoms with Gasteiger partial charge in [0.2, 0.25) is 0 Å². The Morgan fingerprint density at radius 1 is 1.10 bits per heavy atom. The largest absolute Gasteiger partial charge is 0.488 e. The summed E-state index contributed by atoms with van der Waals surface area (Å²) < 4.78 is 6.04. The van der Waals surface area contributed by atoms with Gasteiger partial charge in [0.1, 0.15) is 11.9 Å². The molecule has 2 aromatic carbocycles. The predicted molar refractivity (Wildman–Crippen MR) is 81.9 cm³/mol. The van der Waals surface area contributed by atoms with Crippen LogP contribution in [0.4, 0.5) is 0 Å². The quantitative estimate of drug-likeness (QED) is 0.862. The van der Waals surface area contributed by atoms with Crippen molar-refractivity contribution in [3.63, 3.8) is 0 Å². The highest BCUT2D eigenvalue weighted by Gasteiger charge is 2.31. The van der Waals surface area contributed by atoms with Gasteiger partial charge >= 0.3 is 0 Å². The molecule has 0 radical (unpaired) electrons. The molecule has 0 fully saturated rings. The predicted octanol–water partition coefficient (Wildman–Crippen LogP) is 3.48. The summed E-state index contributed by atoms with van der Waals surface area (Å²) in [5.74, 6) is 1.27. The van der Waals surface area contributed by atoms with Crippen LogP contribution < -0.4 is 10.5 Å². The molecule has 3 unspecified atom stereocenters. The molecular weight excluding hydrogens is 246 g/mol. The summed E-state index contributed by atoms with van der Waals surface area (Å²) in [6.07, 6.45) is 2.63. The van der Waals surface area contributed by atoms with Crippen molar-refractivity contribution in [3.05, 3.63) is 78.4 Å². The summed E-state index contributed by atoms with van der Waals surface area (Å²) >= 11 is 0. The first-order valence-corrected chi connectivity index (χ1v) is 6.98. The van der Waals surface area contributed by atoms with Crippen molar-refractivity contribution in [2.75, 3.05) is 0 Å². The first-order chi connectivity index (χ1) is 9.79. The van der Waals surface area contributed by atoms with Crippen LogP contribution in [0.5, 0.6) is 5.75 Å². The van der Waals surface area contributed by atoms with E-state index in [0.29, 0.717) is 5.92 Å². The lowest BCUT2D eigenvalue weighted by Crippen LogP contribution is -2.40. The smallest absolute Gasteiger partial charge is 0.123 e. The maximum atomic E-state index is 6.10. The zero-order valence-corrected chi connectivity index (χ0v) is 11.4. The van der Waals surface area contributed by atoms with Crippen LogP contribution in [0.3, 0.4) is 0 Å². The van der Waals surface area contributed by atoms with Gasteiger partial charge in [-0.1, -0.05) is 54.6 Å². The number of fused-ring (bicyclic) bond motifs is 1. The molecule has 0 bridgehead atoms. The van der Waals surface area contributed by atoms with Gasteiger partial charge in [-0.3, -0.25) is 0 Å². The van der Waals surface area contributed by atoms with Gasteiger partial charge in [-0.05, 0) is 18.1 Å². The summed E-state index contributed by atoms with van der Waals surface area (Å²) in [6.45, 7) is 3.78. The van der Waals surface area contributed by atoms with Gasteiger partial charge in [0.05, 0.1) is 6.04 Å². The molecule has 0 spiro atoms. The lowest BCUT2D eigenvalue weighted by Gasteiger charge is -2.34. The van der Waals surface area contributed by atoms with E-state index in [1.807, 2.05) is 18.2 Å². The van der Waals surface area contributed by atoms with Gasteiger partial charge in [0.15, 0.2) is 0 Å². The van der Waals surface area contributed by atoms with E-state index in [4.69, 9.17) is 10.5 Å². The monoisotopic (exact) mass is 265 g/mol. The molecule has 0 amide bonds. The van der Waals surface area contributed by atoms with Crippen molar-refractivity contribution in [1.29, 1.82) is 0 Å². The molecule has 3 rings (SSSR count). The molecule has 2 heteroatoms. The van der Waals surface area contributed by atoms with Gasteiger partial charge in [-0.25, -0.2) is 0 Å². The van der Waals surface area contributed by atoms with Crippen LogP contribution in [0.25, 0.3) is 0 Å². The highest BCUT2D eigenvalue weighted by atomic mass is 16.5. The number of para-hydroxylation sites is 1. The molecule has 0 aliphatic carbocycles. The number of ether oxygens (including phenoxy) is 1. The molecule has 3 atom stereocenters. The fourth-order valence-electron chi connectivity index (χ4n) is 2.83. The SMILES string of the molecule is C=CC(N)C1CC(c2ccccc2)c2ccccc2O1. The molecule has 2 N–H and O–H groups in total. The highest BCUT2D eigenvalue weighted by molar-refractivity contribution is 5.44. The Bertz CT molecular complexity index is 593. The normalized spacial score (nSPS) is 22.4. The Labute approximate surface area is 119 Å². The molecule has 2 nitrogen and oxygen atoms in total. The lowest BCUT2D eigenvalue weighted by atomic mass is 9.83. The molecule has 1 heterocycles. The minimum Gasteiger partial charge on any atom is -0.488 e. The number of hydrogen-bond donors (Lipinski definition) is 1. The van der Waals surface area contributed by atoms with Crippen LogP contribution in [0.15, 0.2) is 67.3 Å². The van der Waals surface area contributed by atoms with Crippen molar-refractivity contribution in [3.8, 4) is 5.75 Å². The maximum absolute atomic E-state index is 6.10. The lowest BCUT2D eigenvalue weighted by molar-refractivity contribution is 0.152. The maximum Gasteiger partial charge on any atom is 0.123 e. The van der Waals surface area contributed by atoms with E-state index in [1.165, 1.54) is 11.1 Å². The van der Waals surface area contributed by atoms with E-state index in [0.717, 1.165) is 12.2 Å². The second-order valence-corrected chi connectivity index (χ2v) is 5.21. The molecule has 0 saturated carbocycles. The molecule has 102 valence electrons. The van der Waals surface area contributed by atoms with E-state index >= 15 is 0 Å². The van der Waals surface area contributed by atoms with Crippen molar-refractivity contribution >= 4 is 0 Å². The topological polar surface area (TPSA) is 35.2 Å². The van der Waals surface area contributed by atoms with E-state index in [-0.39, 0.29) is 12.1 Å². The van der Waals surface area contributed by atoms with Crippen molar-refractivity contribution < 1.29 is 4.74 Å². The van der Waals surface area contributed by atoms with Gasteiger partial charge in [-0.15, -0.1) is 6.58 Å². The Kier molecular flexibility index (Phi) is 3.57. The van der Waals surface area contributed by atoms with Crippen molar-refractivity contribution in [2.45, 2.75) is 24.5 Å². The Morgan fingerprint density at radius 2 is 1.80 bits per heavy atom. The fraction of sp³-hybridized carbons (Fsp3) is 0.222. The van der Waals surface area contributed by atoms with E-state index in [9.17, 15) is 0 Å². The van der Waals surface area contributed by atoms with Crippen LogP contribution in [-0.2, 0) is 0 Å². The number of benzene rings is 2. The Balaban J connectivity index is 2.02. The average Bonchev–Trinajstić information content (AvgIpc) is 2.54. The number of nitrogens with two attached hydrogens (primary N) is 1. The van der Waals surface area contributed by atoms with E-state index < -0.39 is 0 Å². The summed E-state index contributed by atoms with van der Waals surface area (Å²) in [6, 6.07) is 18.6. The molecule has 2 aromatic rings. The van der Waals surface area contributed by atoms with Crippen molar-refractivity contribution in [2.24, 2.45) is 5.73 Å². The van der Waals surface area contributed by atoms with Gasteiger partial charge in [-0.2, -0.15) is 0 Å². The third kappa shape index (κ3) is 2.35. The molecule has 0 aromatic heterocycles. The van der Waals surface area contributed by atoms with Gasteiger partial charge < -0.3 is 10.5 Å². The summed E-state index contributed by atoms with van der Waals surface area (Å²) in [5.41, 5.74) is 8.65. The standard InChI is InChI=1S/C18H19NO/c1-2-16(19)18-12-15(13-8-4-3-5-9-13)14-10-6-7-11-17(14)20-18/h2-11,15-16,18H,1,12,19H2. The molecular formula is C18H19NO. The molecule has 1 aliphatic heterocycles. The Morgan fingerprint density at radius 3 is 2.55 bits per heavy atom. The van der Waals surface area contributed by atoms with Gasteiger partial charge in [0, 0.05) is 11.5 Å². The average molecular weight is 265 g/mol. The zero-order chi connectivity index (χ0) is 13.9. The van der Waals surface area contributed by atoms with Crippen LogP contribution in [-0.4, -0.2) is 12.1 Å². The van der Waals surface area contributed by atoms with Crippen LogP contribution >= 0.6 is 0 Å². The number of rotatable bonds is 3. The van der Waals surface area contributed by atoms with E-state index in [1.54, 1.807) is 6.08 Å². The molecule has 0 saturated heterocycles. The minimum absolute atomic E-state index is 0.0207. The second kappa shape index (κ2) is 5.51. The first-order valence-electron chi connectivity index (χ1n) is 6.98. The molecule has 1 aliphatic rings. The van der Waals surface area contributed by atoms with Crippen LogP contribution in [0.1, 0.15) is 23.5 Å². The van der Waals surface area contributed by atoms with Crippen molar-refractivity contribution in [1.82, 2.24) is 0 Å². The summed E-state index contributed by atoms with van der Waals surface area (Å²) in [5, 5.41) is 0. The minimum atomic E-state index is -0.144. The van der Waals surface area contributed by atoms with Crippen LogP contribution in [0, 0.1) is 0 Å². The number of hydrogen-bond acceptors (Lipinski definition) is 2. The molecule has 20 heavy (non-hydrogen) atoms. The zero-order valence-electron chi connectivity index (χ0n) is 11.4. The van der Waals surface area contributed by atoms with E-state index in [2.05, 4.69) is 43.0 Å². The summed E-state index contributed by atoms with van der Waals surface area (Å²) in [7, 11) is 0. The third-order valence-electron chi connectivity index (χ3n) is 3.94. The third-order valence-corrected chi connectivity index (χ3v) is 3.94. The summed E-state index contributed by atoms with van der Waals surface area (Å²) in [4.78, 5) is 0. The van der Waals surface area contributed by atoms with Gasteiger partial charge in [0.25, 0.3) is 0 Å².